The summed E-state index contributed by atoms with van der Waals surface area (Å²) >= 11 is 3.27. The average molecular weight is 340 g/mol. The lowest BCUT2D eigenvalue weighted by atomic mass is 10.1. The Balaban J connectivity index is 2.23. The number of nitrogens with one attached hydrogen (secondary N) is 1. The number of hydrogen-bond donors (Lipinski definition) is 1. The molecular weight excluding hydrogens is 326 g/mol. The lowest BCUT2D eigenvalue weighted by Crippen LogP contribution is -2.26. The maximum Gasteiger partial charge on any atom is 0.241 e. The van der Waals surface area contributed by atoms with E-state index in [2.05, 4.69) is 20.7 Å². The molecule has 1 atom stereocenters. The summed E-state index contributed by atoms with van der Waals surface area (Å²) in [5.41, 5.74) is 0.932. The van der Waals surface area contributed by atoms with Crippen molar-refractivity contribution in [1.82, 2.24) is 4.72 Å². The molecule has 0 amide bonds. The Morgan fingerprint density at radius 1 is 1.05 bits per heavy atom. The summed E-state index contributed by atoms with van der Waals surface area (Å²) in [7, 11) is -3.51. The molecule has 0 spiro atoms. The van der Waals surface area contributed by atoms with Crippen LogP contribution in [0.1, 0.15) is 18.5 Å². The maximum absolute atomic E-state index is 12.2. The molecule has 0 radical (unpaired) electrons. The molecule has 0 bridgehead atoms. The van der Waals surface area contributed by atoms with Crippen molar-refractivity contribution in [1.29, 1.82) is 0 Å². The largest absolute Gasteiger partial charge is 0.241 e. The molecule has 3 nitrogen and oxygen atoms in total. The first kappa shape index (κ1) is 14.2. The zero-order valence-electron chi connectivity index (χ0n) is 10.4. The minimum atomic E-state index is -3.51. The summed E-state index contributed by atoms with van der Waals surface area (Å²) in [6.07, 6.45) is 0. The Hall–Kier alpha value is -1.17. The molecule has 19 heavy (non-hydrogen) atoms. The third-order valence-electron chi connectivity index (χ3n) is 2.74. The third kappa shape index (κ3) is 3.65. The van der Waals surface area contributed by atoms with Gasteiger partial charge in [0.15, 0.2) is 0 Å². The molecule has 0 fully saturated rings. The summed E-state index contributed by atoms with van der Waals surface area (Å²) in [6, 6.07) is 15.8. The molecule has 0 aromatic heterocycles. The van der Waals surface area contributed by atoms with E-state index < -0.39 is 10.0 Å². The third-order valence-corrected chi connectivity index (χ3v) is 4.77. The van der Waals surface area contributed by atoms with Gasteiger partial charge in [0.05, 0.1) is 4.90 Å². The van der Waals surface area contributed by atoms with Crippen molar-refractivity contribution in [3.8, 4) is 0 Å². The number of hydrogen-bond acceptors (Lipinski definition) is 2. The van der Waals surface area contributed by atoms with E-state index >= 15 is 0 Å². The molecule has 2 rings (SSSR count). The monoisotopic (exact) mass is 339 g/mol. The molecule has 100 valence electrons. The Kier molecular flexibility index (Phi) is 4.39. The van der Waals surface area contributed by atoms with Crippen molar-refractivity contribution in [2.75, 3.05) is 0 Å². The van der Waals surface area contributed by atoms with Crippen LogP contribution in [0.3, 0.4) is 0 Å². The van der Waals surface area contributed by atoms with Gasteiger partial charge in [0.25, 0.3) is 0 Å². The van der Waals surface area contributed by atoms with Crippen LogP contribution in [0.2, 0.25) is 0 Å². The molecule has 5 heteroatoms. The van der Waals surface area contributed by atoms with Crippen LogP contribution in [0, 0.1) is 0 Å². The van der Waals surface area contributed by atoms with E-state index in [0.29, 0.717) is 0 Å². The fourth-order valence-electron chi connectivity index (χ4n) is 1.74. The van der Waals surface area contributed by atoms with Crippen LogP contribution in [0.4, 0.5) is 0 Å². The standard InChI is InChI=1S/C14H14BrNO2S/c1-11(12-6-3-2-4-7-12)16-19(17,18)14-9-5-8-13(15)10-14/h2-11,16H,1H3/t11-/m1/s1. The first-order valence-electron chi connectivity index (χ1n) is 5.82. The highest BCUT2D eigenvalue weighted by atomic mass is 79.9. The van der Waals surface area contributed by atoms with Gasteiger partial charge >= 0.3 is 0 Å². The molecule has 0 unspecified atom stereocenters. The van der Waals surface area contributed by atoms with Gasteiger partial charge in [-0.2, -0.15) is 0 Å². The number of benzene rings is 2. The molecule has 2 aromatic rings. The van der Waals surface area contributed by atoms with Crippen LogP contribution in [0.5, 0.6) is 0 Å². The Bertz CT molecular complexity index is 656. The topological polar surface area (TPSA) is 46.2 Å². The van der Waals surface area contributed by atoms with E-state index in [9.17, 15) is 8.42 Å². The number of halogens is 1. The normalized spacial score (nSPS) is 13.2. The number of sulfonamides is 1. The van der Waals surface area contributed by atoms with E-state index in [1.165, 1.54) is 0 Å². The maximum atomic E-state index is 12.2. The van der Waals surface area contributed by atoms with Crippen molar-refractivity contribution in [3.05, 3.63) is 64.6 Å². The summed E-state index contributed by atoms with van der Waals surface area (Å²) in [5, 5.41) is 0. The van der Waals surface area contributed by atoms with Crippen LogP contribution in [0.25, 0.3) is 0 Å². The van der Waals surface area contributed by atoms with Gasteiger partial charge in [-0.15, -0.1) is 0 Å². The fourth-order valence-corrected chi connectivity index (χ4v) is 3.57. The van der Waals surface area contributed by atoms with Crippen molar-refractivity contribution < 1.29 is 8.42 Å². The minimum Gasteiger partial charge on any atom is -0.207 e. The van der Waals surface area contributed by atoms with Crippen molar-refractivity contribution in [2.24, 2.45) is 0 Å². The van der Waals surface area contributed by atoms with Gasteiger partial charge < -0.3 is 0 Å². The highest BCUT2D eigenvalue weighted by molar-refractivity contribution is 9.10. The number of rotatable bonds is 4. The fraction of sp³-hybridized carbons (Fsp3) is 0.143. The van der Waals surface area contributed by atoms with Crippen molar-refractivity contribution in [3.63, 3.8) is 0 Å². The van der Waals surface area contributed by atoms with E-state index in [1.807, 2.05) is 37.3 Å². The second kappa shape index (κ2) is 5.86. The Morgan fingerprint density at radius 3 is 2.37 bits per heavy atom. The smallest absolute Gasteiger partial charge is 0.207 e. The van der Waals surface area contributed by atoms with Crippen LogP contribution >= 0.6 is 15.9 Å². The zero-order chi connectivity index (χ0) is 13.9. The molecular formula is C14H14BrNO2S. The lowest BCUT2D eigenvalue weighted by Gasteiger charge is -2.14. The lowest BCUT2D eigenvalue weighted by molar-refractivity contribution is 0.567. The summed E-state index contributed by atoms with van der Waals surface area (Å²) in [6.45, 7) is 1.82. The molecule has 2 aromatic carbocycles. The van der Waals surface area contributed by atoms with Gasteiger partial charge in [0.2, 0.25) is 10.0 Å². The van der Waals surface area contributed by atoms with E-state index in [-0.39, 0.29) is 10.9 Å². The van der Waals surface area contributed by atoms with Crippen LogP contribution < -0.4 is 4.72 Å². The van der Waals surface area contributed by atoms with Gasteiger partial charge in [-0.05, 0) is 30.7 Å². The van der Waals surface area contributed by atoms with Crippen molar-refractivity contribution >= 4 is 26.0 Å². The van der Waals surface area contributed by atoms with E-state index in [1.54, 1.807) is 24.3 Å². The minimum absolute atomic E-state index is 0.254. The second-order valence-corrected chi connectivity index (χ2v) is 6.84. The summed E-state index contributed by atoms with van der Waals surface area (Å²) < 4.78 is 27.9. The molecule has 0 saturated carbocycles. The highest BCUT2D eigenvalue weighted by Gasteiger charge is 2.18. The highest BCUT2D eigenvalue weighted by Crippen LogP contribution is 2.19. The predicted octanol–water partition coefficient (Wildman–Crippen LogP) is 3.49. The first-order chi connectivity index (χ1) is 8.99. The van der Waals surface area contributed by atoms with Gasteiger partial charge in [-0.1, -0.05) is 52.3 Å². The Labute approximate surface area is 121 Å². The predicted molar refractivity (Wildman–Crippen MR) is 79.3 cm³/mol. The molecule has 1 N–H and O–H groups in total. The van der Waals surface area contributed by atoms with Crippen LogP contribution in [-0.4, -0.2) is 8.42 Å². The van der Waals surface area contributed by atoms with Crippen LogP contribution in [0.15, 0.2) is 64.0 Å². The quantitative estimate of drug-likeness (QED) is 0.926. The molecule has 0 aliphatic heterocycles. The molecule has 0 heterocycles. The van der Waals surface area contributed by atoms with Crippen LogP contribution in [-0.2, 0) is 10.0 Å². The van der Waals surface area contributed by atoms with Gasteiger partial charge in [-0.25, -0.2) is 13.1 Å². The second-order valence-electron chi connectivity index (χ2n) is 4.21. The molecule has 0 aliphatic carbocycles. The summed E-state index contributed by atoms with van der Waals surface area (Å²) in [5.74, 6) is 0. The van der Waals surface area contributed by atoms with E-state index in [0.717, 1.165) is 10.0 Å². The van der Waals surface area contributed by atoms with Gasteiger partial charge in [0.1, 0.15) is 0 Å². The first-order valence-corrected chi connectivity index (χ1v) is 8.09. The van der Waals surface area contributed by atoms with E-state index in [4.69, 9.17) is 0 Å². The van der Waals surface area contributed by atoms with Gasteiger partial charge in [0, 0.05) is 10.5 Å². The average Bonchev–Trinajstić information content (AvgIpc) is 2.39. The molecule has 0 aliphatic rings. The SMILES string of the molecule is C[C@@H](NS(=O)(=O)c1cccc(Br)c1)c1ccccc1. The zero-order valence-corrected chi connectivity index (χ0v) is 12.8. The van der Waals surface area contributed by atoms with Gasteiger partial charge in [-0.3, -0.25) is 0 Å². The van der Waals surface area contributed by atoms with Crippen molar-refractivity contribution in [2.45, 2.75) is 17.9 Å². The summed E-state index contributed by atoms with van der Waals surface area (Å²) in [4.78, 5) is 0.254. The Morgan fingerprint density at radius 2 is 1.74 bits per heavy atom. The molecule has 0 saturated heterocycles.